The first-order valence-electron chi connectivity index (χ1n) is 8.05. The molecule has 28 heavy (non-hydrogen) atoms. The summed E-state index contributed by atoms with van der Waals surface area (Å²) in [6.07, 6.45) is 3.00. The van der Waals surface area contributed by atoms with E-state index in [2.05, 4.69) is 15.2 Å². The zero-order chi connectivity index (χ0) is 19.5. The van der Waals surface area contributed by atoms with Crippen LogP contribution in [0.5, 0.6) is 0 Å². The van der Waals surface area contributed by atoms with E-state index in [9.17, 15) is 13.6 Å². The van der Waals surface area contributed by atoms with Crippen LogP contribution in [-0.4, -0.2) is 26.7 Å². The van der Waals surface area contributed by atoms with E-state index in [1.165, 1.54) is 12.5 Å². The second kappa shape index (κ2) is 7.73. The van der Waals surface area contributed by atoms with E-state index in [1.807, 2.05) is 0 Å². The maximum atomic E-state index is 13.8. The van der Waals surface area contributed by atoms with Crippen LogP contribution < -0.4 is 0 Å². The Kier molecular flexibility index (Phi) is 4.98. The Labute approximate surface area is 161 Å². The van der Waals surface area contributed by atoms with Gasteiger partial charge in [-0.05, 0) is 36.4 Å². The Balaban J connectivity index is 1.59. The molecule has 0 amide bonds. The number of hydrogen-bond acceptors (Lipinski definition) is 7. The summed E-state index contributed by atoms with van der Waals surface area (Å²) in [4.78, 5) is 16.6. The van der Waals surface area contributed by atoms with Gasteiger partial charge >= 0.3 is 0 Å². The van der Waals surface area contributed by atoms with Gasteiger partial charge in [-0.15, -0.1) is 10.2 Å². The van der Waals surface area contributed by atoms with Crippen molar-refractivity contribution in [1.82, 2.24) is 15.2 Å². The maximum Gasteiger partial charge on any atom is 0.210 e. The SMILES string of the molecule is O=C(CSc1nnc(-c2ccco2)c(-c2ccco2)n1)c1ccc(F)cc1F. The van der Waals surface area contributed by atoms with Crippen LogP contribution in [0.15, 0.2) is 69.0 Å². The molecule has 0 aliphatic rings. The van der Waals surface area contributed by atoms with Crippen molar-refractivity contribution >= 4 is 17.5 Å². The Morgan fingerprint density at radius 1 is 0.964 bits per heavy atom. The first kappa shape index (κ1) is 18.1. The average molecular weight is 399 g/mol. The molecule has 4 aromatic rings. The van der Waals surface area contributed by atoms with Crippen molar-refractivity contribution in [2.75, 3.05) is 5.75 Å². The molecule has 0 spiro atoms. The first-order valence-corrected chi connectivity index (χ1v) is 9.04. The van der Waals surface area contributed by atoms with Crippen molar-refractivity contribution in [2.45, 2.75) is 5.16 Å². The van der Waals surface area contributed by atoms with E-state index in [4.69, 9.17) is 8.83 Å². The summed E-state index contributed by atoms with van der Waals surface area (Å²) >= 11 is 0.987. The van der Waals surface area contributed by atoms with Crippen LogP contribution in [0.1, 0.15) is 10.4 Å². The lowest BCUT2D eigenvalue weighted by Crippen LogP contribution is -2.07. The van der Waals surface area contributed by atoms with Crippen LogP contribution in [0, 0.1) is 11.6 Å². The van der Waals surface area contributed by atoms with Crippen molar-refractivity contribution in [3.63, 3.8) is 0 Å². The van der Waals surface area contributed by atoms with Gasteiger partial charge in [0.15, 0.2) is 23.0 Å². The molecule has 140 valence electrons. The van der Waals surface area contributed by atoms with Gasteiger partial charge in [-0.1, -0.05) is 11.8 Å². The van der Waals surface area contributed by atoms with Gasteiger partial charge < -0.3 is 8.83 Å². The molecule has 6 nitrogen and oxygen atoms in total. The zero-order valence-corrected chi connectivity index (χ0v) is 15.0. The van der Waals surface area contributed by atoms with E-state index < -0.39 is 17.4 Å². The molecule has 0 aliphatic heterocycles. The fraction of sp³-hybridized carbons (Fsp3) is 0.0526. The third-order valence-corrected chi connectivity index (χ3v) is 4.58. The molecule has 0 saturated carbocycles. The van der Waals surface area contributed by atoms with E-state index >= 15 is 0 Å². The van der Waals surface area contributed by atoms with E-state index in [0.717, 1.165) is 23.9 Å². The Morgan fingerprint density at radius 3 is 2.32 bits per heavy atom. The molecule has 3 aromatic heterocycles. The lowest BCUT2D eigenvalue weighted by Gasteiger charge is -2.06. The van der Waals surface area contributed by atoms with Gasteiger partial charge in [0.2, 0.25) is 5.16 Å². The van der Waals surface area contributed by atoms with Crippen molar-refractivity contribution in [2.24, 2.45) is 0 Å². The summed E-state index contributed by atoms with van der Waals surface area (Å²) in [5.41, 5.74) is 0.596. The number of carbonyl (C=O) groups excluding carboxylic acids is 1. The molecule has 9 heteroatoms. The smallest absolute Gasteiger partial charge is 0.210 e. The first-order chi connectivity index (χ1) is 13.6. The summed E-state index contributed by atoms with van der Waals surface area (Å²) in [5, 5.41) is 8.34. The normalized spacial score (nSPS) is 10.9. The van der Waals surface area contributed by atoms with Crippen LogP contribution >= 0.6 is 11.8 Å². The van der Waals surface area contributed by atoms with E-state index in [1.54, 1.807) is 24.3 Å². The summed E-state index contributed by atoms with van der Waals surface area (Å²) in [7, 11) is 0. The van der Waals surface area contributed by atoms with Crippen LogP contribution in [0.3, 0.4) is 0 Å². The van der Waals surface area contributed by atoms with Crippen molar-refractivity contribution in [3.8, 4) is 22.9 Å². The predicted octanol–water partition coefficient (Wildman–Crippen LogP) is 4.64. The molecule has 1 aromatic carbocycles. The van der Waals surface area contributed by atoms with Crippen molar-refractivity contribution in [1.29, 1.82) is 0 Å². The molecule has 0 unspecified atom stereocenters. The quantitative estimate of drug-likeness (QED) is 0.345. The molecular formula is C19H11F2N3O3S. The fourth-order valence-corrected chi connectivity index (χ4v) is 3.13. The second-order valence-electron chi connectivity index (χ2n) is 5.58. The Hall–Kier alpha value is -3.33. The average Bonchev–Trinajstić information content (AvgIpc) is 3.40. The van der Waals surface area contributed by atoms with Gasteiger partial charge in [0.25, 0.3) is 0 Å². The topological polar surface area (TPSA) is 82.0 Å². The Morgan fingerprint density at radius 2 is 1.68 bits per heavy atom. The van der Waals surface area contributed by atoms with Crippen LogP contribution in [-0.2, 0) is 0 Å². The number of halogens is 2. The van der Waals surface area contributed by atoms with Gasteiger partial charge in [-0.25, -0.2) is 13.8 Å². The van der Waals surface area contributed by atoms with Crippen LogP contribution in [0.4, 0.5) is 8.78 Å². The number of carbonyl (C=O) groups is 1. The number of benzene rings is 1. The third kappa shape index (κ3) is 3.70. The number of nitrogens with zero attached hydrogens (tertiary/aromatic N) is 3. The minimum Gasteiger partial charge on any atom is -0.463 e. The van der Waals surface area contributed by atoms with Gasteiger partial charge in [-0.2, -0.15) is 0 Å². The number of hydrogen-bond donors (Lipinski definition) is 0. The van der Waals surface area contributed by atoms with Gasteiger partial charge in [0.1, 0.15) is 17.3 Å². The van der Waals surface area contributed by atoms with E-state index in [0.29, 0.717) is 29.0 Å². The number of furan rings is 2. The molecule has 0 atom stereocenters. The lowest BCUT2D eigenvalue weighted by molar-refractivity contribution is 0.101. The highest BCUT2D eigenvalue weighted by molar-refractivity contribution is 7.99. The molecule has 0 radical (unpaired) electrons. The fourth-order valence-electron chi connectivity index (χ4n) is 2.46. The number of thioether (sulfide) groups is 1. The highest BCUT2D eigenvalue weighted by Crippen LogP contribution is 2.30. The minimum atomic E-state index is -0.908. The van der Waals surface area contributed by atoms with Gasteiger partial charge in [-0.3, -0.25) is 4.79 Å². The number of rotatable bonds is 6. The zero-order valence-electron chi connectivity index (χ0n) is 14.1. The highest BCUT2D eigenvalue weighted by atomic mass is 32.2. The number of aromatic nitrogens is 3. The molecule has 0 fully saturated rings. The van der Waals surface area contributed by atoms with Gasteiger partial charge in [0, 0.05) is 6.07 Å². The summed E-state index contributed by atoms with van der Waals surface area (Å²) in [6.45, 7) is 0. The maximum absolute atomic E-state index is 13.8. The summed E-state index contributed by atoms with van der Waals surface area (Å²) < 4.78 is 37.5. The van der Waals surface area contributed by atoms with Crippen LogP contribution in [0.25, 0.3) is 22.9 Å². The highest BCUT2D eigenvalue weighted by Gasteiger charge is 2.19. The minimum absolute atomic E-state index is 0.137. The molecule has 3 heterocycles. The molecular weight excluding hydrogens is 388 g/mol. The molecule has 0 bridgehead atoms. The number of Topliss-reactive ketones (excluding diaryl/α,β-unsaturated/α-hetero) is 1. The summed E-state index contributed by atoms with van der Waals surface area (Å²) in [6, 6.07) is 9.66. The Bertz CT molecular complexity index is 1120. The summed E-state index contributed by atoms with van der Waals surface area (Å²) in [5.74, 6) is -1.38. The molecule has 4 rings (SSSR count). The lowest BCUT2D eigenvalue weighted by atomic mass is 10.1. The van der Waals surface area contributed by atoms with Crippen LogP contribution in [0.2, 0.25) is 0 Å². The largest absolute Gasteiger partial charge is 0.463 e. The molecule has 0 N–H and O–H groups in total. The third-order valence-electron chi connectivity index (χ3n) is 3.74. The molecule has 0 aliphatic carbocycles. The van der Waals surface area contributed by atoms with Crippen molar-refractivity contribution in [3.05, 3.63) is 72.2 Å². The predicted molar refractivity (Wildman–Crippen MR) is 96.6 cm³/mol. The molecule has 0 saturated heterocycles. The van der Waals surface area contributed by atoms with Gasteiger partial charge in [0.05, 0.1) is 23.8 Å². The van der Waals surface area contributed by atoms with E-state index in [-0.39, 0.29) is 16.5 Å². The standard InChI is InChI=1S/C19H11F2N3O3S/c20-11-5-6-12(13(21)9-11)14(25)10-28-19-22-17(15-3-1-7-26-15)18(23-24-19)16-4-2-8-27-16/h1-9H,10H2. The second-order valence-corrected chi connectivity index (χ2v) is 6.52. The van der Waals surface area contributed by atoms with Crippen molar-refractivity contribution < 1.29 is 22.4 Å². The number of ketones is 1. The monoisotopic (exact) mass is 399 g/mol.